The molecule has 3 heteroatoms. The molecule has 0 aromatic heterocycles. The molecule has 0 saturated carbocycles. The van der Waals surface area contributed by atoms with Crippen LogP contribution in [0.25, 0.3) is 0 Å². The highest BCUT2D eigenvalue weighted by Gasteiger charge is 2.31. The summed E-state index contributed by atoms with van der Waals surface area (Å²) in [5.41, 5.74) is 0.694. The Hall–Kier alpha value is -0.570. The fourth-order valence-electron chi connectivity index (χ4n) is 1.76. The van der Waals surface area contributed by atoms with E-state index in [4.69, 9.17) is 16.3 Å². The van der Waals surface area contributed by atoms with Crippen LogP contribution in [0, 0.1) is 5.92 Å². The summed E-state index contributed by atoms with van der Waals surface area (Å²) in [6.45, 7) is 5.98. The van der Waals surface area contributed by atoms with Crippen molar-refractivity contribution in [3.8, 4) is 0 Å². The molecular weight excluding hydrogens is 210 g/mol. The highest BCUT2D eigenvalue weighted by atomic mass is 35.5. The molecular formula is C12H16ClNO. The summed E-state index contributed by atoms with van der Waals surface area (Å²) in [6.07, 6.45) is 0. The van der Waals surface area contributed by atoms with Crippen LogP contribution in [0.2, 0.25) is 5.02 Å². The van der Waals surface area contributed by atoms with E-state index < -0.39 is 5.72 Å². The predicted octanol–water partition coefficient (Wildman–Crippen LogP) is 2.77. The number of nitrogens with one attached hydrogen (secondary N) is 1. The van der Waals surface area contributed by atoms with Crippen LogP contribution in [0.3, 0.4) is 0 Å². The number of halogens is 1. The molecule has 82 valence electrons. The second-order valence-corrected chi connectivity index (χ2v) is 4.78. The average Bonchev–Trinajstić information content (AvgIpc) is 2.23. The highest BCUT2D eigenvalue weighted by molar-refractivity contribution is 6.30. The van der Waals surface area contributed by atoms with Crippen molar-refractivity contribution in [3.63, 3.8) is 0 Å². The summed E-state index contributed by atoms with van der Waals surface area (Å²) >= 11 is 5.97. The van der Waals surface area contributed by atoms with E-state index in [1.165, 1.54) is 0 Å². The van der Waals surface area contributed by atoms with Gasteiger partial charge in [0.05, 0.1) is 6.61 Å². The van der Waals surface area contributed by atoms with Gasteiger partial charge in [-0.2, -0.15) is 0 Å². The lowest BCUT2D eigenvalue weighted by molar-refractivity contribution is -0.106. The third-order valence-electron chi connectivity index (χ3n) is 2.82. The minimum absolute atomic E-state index is 0.391. The van der Waals surface area contributed by atoms with E-state index in [1.807, 2.05) is 31.2 Å². The minimum atomic E-state index is -0.391. The fraction of sp³-hybridized carbons (Fsp3) is 0.500. The van der Waals surface area contributed by atoms with Crippen LogP contribution < -0.4 is 5.32 Å². The third-order valence-corrected chi connectivity index (χ3v) is 3.05. The summed E-state index contributed by atoms with van der Waals surface area (Å²) in [4.78, 5) is 0. The lowest BCUT2D eigenvalue weighted by Gasteiger charge is -2.38. The van der Waals surface area contributed by atoms with Gasteiger partial charge in [-0.3, -0.25) is 5.32 Å². The number of hydrogen-bond donors (Lipinski definition) is 1. The van der Waals surface area contributed by atoms with Gasteiger partial charge in [0, 0.05) is 11.6 Å². The second kappa shape index (κ2) is 4.12. The quantitative estimate of drug-likeness (QED) is 0.794. The van der Waals surface area contributed by atoms with Gasteiger partial charge in [0.1, 0.15) is 5.72 Å². The van der Waals surface area contributed by atoms with Gasteiger partial charge in [-0.1, -0.05) is 30.7 Å². The monoisotopic (exact) mass is 225 g/mol. The highest BCUT2D eigenvalue weighted by Crippen LogP contribution is 2.28. The van der Waals surface area contributed by atoms with E-state index in [0.29, 0.717) is 5.92 Å². The van der Waals surface area contributed by atoms with Crippen LogP contribution >= 0.6 is 11.6 Å². The first-order chi connectivity index (χ1) is 7.10. The Labute approximate surface area is 95.6 Å². The largest absolute Gasteiger partial charge is 0.356 e. The van der Waals surface area contributed by atoms with Gasteiger partial charge in [0.25, 0.3) is 0 Å². The summed E-state index contributed by atoms with van der Waals surface area (Å²) in [6, 6.07) is 7.81. The van der Waals surface area contributed by atoms with Crippen LogP contribution in [0.5, 0.6) is 0 Å². The van der Waals surface area contributed by atoms with Gasteiger partial charge in [0.15, 0.2) is 0 Å². The molecule has 1 aliphatic rings. The van der Waals surface area contributed by atoms with Crippen LogP contribution in [0.4, 0.5) is 0 Å². The summed E-state index contributed by atoms with van der Waals surface area (Å²) < 4.78 is 5.85. The van der Waals surface area contributed by atoms with Gasteiger partial charge < -0.3 is 4.74 Å². The second-order valence-electron chi connectivity index (χ2n) is 4.34. The normalized spacial score (nSPS) is 31.5. The zero-order valence-electron chi connectivity index (χ0n) is 9.09. The average molecular weight is 226 g/mol. The van der Waals surface area contributed by atoms with Crippen LogP contribution in [0.15, 0.2) is 24.3 Å². The first kappa shape index (κ1) is 10.9. The molecule has 1 heterocycles. The van der Waals surface area contributed by atoms with Gasteiger partial charge >= 0.3 is 0 Å². The Morgan fingerprint density at radius 2 is 2.33 bits per heavy atom. The van der Waals surface area contributed by atoms with Crippen LogP contribution in [-0.2, 0) is 10.5 Å². The first-order valence-electron chi connectivity index (χ1n) is 5.25. The number of ether oxygens (including phenoxy) is 1. The van der Waals surface area contributed by atoms with E-state index in [0.717, 1.165) is 23.7 Å². The molecule has 15 heavy (non-hydrogen) atoms. The van der Waals surface area contributed by atoms with E-state index in [-0.39, 0.29) is 0 Å². The Morgan fingerprint density at radius 3 is 2.93 bits per heavy atom. The van der Waals surface area contributed by atoms with Gasteiger partial charge in [-0.25, -0.2) is 0 Å². The molecule has 1 N–H and O–H groups in total. The topological polar surface area (TPSA) is 21.3 Å². The first-order valence-corrected chi connectivity index (χ1v) is 5.63. The van der Waals surface area contributed by atoms with Gasteiger partial charge in [-0.15, -0.1) is 0 Å². The maximum absolute atomic E-state index is 5.97. The molecule has 0 spiro atoms. The lowest BCUT2D eigenvalue weighted by atomic mass is 10.0. The Kier molecular flexibility index (Phi) is 3.01. The van der Waals surface area contributed by atoms with Crippen molar-refractivity contribution in [1.82, 2.24) is 5.32 Å². The lowest BCUT2D eigenvalue weighted by Crippen LogP contribution is -2.49. The predicted molar refractivity (Wildman–Crippen MR) is 61.9 cm³/mol. The number of hydrogen-bond acceptors (Lipinski definition) is 2. The van der Waals surface area contributed by atoms with Crippen molar-refractivity contribution >= 4 is 11.6 Å². The maximum Gasteiger partial charge on any atom is 0.142 e. The van der Waals surface area contributed by atoms with Crippen molar-refractivity contribution in [2.24, 2.45) is 5.92 Å². The molecule has 2 rings (SSSR count). The summed E-state index contributed by atoms with van der Waals surface area (Å²) in [5, 5.41) is 4.16. The van der Waals surface area contributed by atoms with Crippen molar-refractivity contribution in [2.75, 3.05) is 13.2 Å². The molecule has 1 fully saturated rings. The van der Waals surface area contributed by atoms with Crippen molar-refractivity contribution < 1.29 is 4.74 Å². The fourth-order valence-corrected chi connectivity index (χ4v) is 1.95. The van der Waals surface area contributed by atoms with Crippen LogP contribution in [0.1, 0.15) is 19.4 Å². The summed E-state index contributed by atoms with van der Waals surface area (Å²) in [5.74, 6) is 0.567. The molecule has 0 radical (unpaired) electrons. The molecule has 2 atom stereocenters. The standard InChI is InChI=1S/C12H16ClNO/c1-9-7-14-12(2,15-8-9)10-4-3-5-11(13)6-10/h3-6,9,14H,7-8H2,1-2H3. The molecule has 2 unspecified atom stereocenters. The molecule has 1 saturated heterocycles. The molecule has 1 aromatic rings. The Balaban J connectivity index is 2.22. The van der Waals surface area contributed by atoms with E-state index >= 15 is 0 Å². The molecule has 2 nitrogen and oxygen atoms in total. The smallest absolute Gasteiger partial charge is 0.142 e. The molecule has 1 aliphatic heterocycles. The number of rotatable bonds is 1. The SMILES string of the molecule is CC1CNC(C)(c2cccc(Cl)c2)OC1. The molecule has 1 aromatic carbocycles. The van der Waals surface area contributed by atoms with E-state index in [9.17, 15) is 0 Å². The van der Waals surface area contributed by atoms with E-state index in [1.54, 1.807) is 0 Å². The molecule has 0 amide bonds. The molecule has 0 aliphatic carbocycles. The summed E-state index contributed by atoms with van der Waals surface area (Å²) in [7, 11) is 0. The van der Waals surface area contributed by atoms with Crippen molar-refractivity contribution in [1.29, 1.82) is 0 Å². The third kappa shape index (κ3) is 2.33. The Morgan fingerprint density at radius 1 is 1.53 bits per heavy atom. The zero-order chi connectivity index (χ0) is 10.9. The molecule has 0 bridgehead atoms. The maximum atomic E-state index is 5.97. The Bertz CT molecular complexity index is 345. The van der Waals surface area contributed by atoms with Gasteiger partial charge in [-0.05, 0) is 30.5 Å². The number of benzene rings is 1. The van der Waals surface area contributed by atoms with Crippen molar-refractivity contribution in [2.45, 2.75) is 19.6 Å². The van der Waals surface area contributed by atoms with Crippen molar-refractivity contribution in [3.05, 3.63) is 34.9 Å². The van der Waals surface area contributed by atoms with Gasteiger partial charge in [0.2, 0.25) is 0 Å². The zero-order valence-corrected chi connectivity index (χ0v) is 9.84. The van der Waals surface area contributed by atoms with E-state index in [2.05, 4.69) is 12.2 Å². The van der Waals surface area contributed by atoms with Crippen LogP contribution in [-0.4, -0.2) is 13.2 Å². The minimum Gasteiger partial charge on any atom is -0.356 e.